The molecule has 1 aliphatic rings. The lowest BCUT2D eigenvalue weighted by Crippen LogP contribution is -2.26. The molecule has 0 spiro atoms. The summed E-state index contributed by atoms with van der Waals surface area (Å²) in [7, 11) is 0. The van der Waals surface area contributed by atoms with Gasteiger partial charge in [-0.05, 0) is 37.6 Å². The van der Waals surface area contributed by atoms with E-state index in [1.807, 2.05) is 26.0 Å². The predicted molar refractivity (Wildman–Crippen MR) is 92.5 cm³/mol. The molecule has 2 aromatic carbocycles. The predicted octanol–water partition coefficient (Wildman–Crippen LogP) is 3.07. The maximum atomic E-state index is 12.8. The molecule has 0 radical (unpaired) electrons. The number of halogens is 1. The first-order valence-electron chi connectivity index (χ1n) is 7.94. The second-order valence-corrected chi connectivity index (χ2v) is 6.42. The van der Waals surface area contributed by atoms with Crippen molar-refractivity contribution in [3.63, 3.8) is 0 Å². The fourth-order valence-corrected chi connectivity index (χ4v) is 2.60. The van der Waals surface area contributed by atoms with Crippen LogP contribution in [0.25, 0.3) is 0 Å². The van der Waals surface area contributed by atoms with Crippen LogP contribution < -0.4 is 14.9 Å². The second-order valence-electron chi connectivity index (χ2n) is 6.42. The Hall–Kier alpha value is -2.89. The summed E-state index contributed by atoms with van der Waals surface area (Å²) in [5.74, 6) is 0.513. The van der Waals surface area contributed by atoms with Crippen molar-refractivity contribution in [1.82, 2.24) is 5.43 Å². The Morgan fingerprint density at radius 1 is 1.32 bits per heavy atom. The number of amides is 1. The smallest absolute Gasteiger partial charge is 0.277 e. The molecule has 25 heavy (non-hydrogen) atoms. The highest BCUT2D eigenvalue weighted by Crippen LogP contribution is 2.41. The van der Waals surface area contributed by atoms with Crippen LogP contribution in [0.4, 0.5) is 4.39 Å². The minimum absolute atomic E-state index is 0.180. The molecule has 2 aromatic rings. The van der Waals surface area contributed by atoms with Gasteiger partial charge in [0, 0.05) is 12.0 Å². The van der Waals surface area contributed by atoms with Crippen LogP contribution in [0.3, 0.4) is 0 Å². The lowest BCUT2D eigenvalue weighted by molar-refractivity contribution is -0.123. The molecule has 1 amide bonds. The number of ether oxygens (including phenoxy) is 2. The quantitative estimate of drug-likeness (QED) is 0.671. The number of rotatable bonds is 5. The van der Waals surface area contributed by atoms with Gasteiger partial charge >= 0.3 is 0 Å². The molecule has 0 aliphatic carbocycles. The van der Waals surface area contributed by atoms with Crippen LogP contribution in [-0.2, 0) is 11.2 Å². The van der Waals surface area contributed by atoms with Crippen molar-refractivity contribution in [3.05, 3.63) is 59.4 Å². The summed E-state index contributed by atoms with van der Waals surface area (Å²) in [5, 5.41) is 3.82. The summed E-state index contributed by atoms with van der Waals surface area (Å²) in [4.78, 5) is 11.8. The third-order valence-electron chi connectivity index (χ3n) is 3.69. The highest BCUT2D eigenvalue weighted by Gasteiger charge is 2.32. The van der Waals surface area contributed by atoms with Crippen LogP contribution in [0.5, 0.6) is 11.5 Å². The largest absolute Gasteiger partial charge is 0.483 e. The molecule has 130 valence electrons. The molecule has 0 atom stereocenters. The minimum Gasteiger partial charge on any atom is -0.483 e. The van der Waals surface area contributed by atoms with E-state index >= 15 is 0 Å². The van der Waals surface area contributed by atoms with Crippen LogP contribution in [0, 0.1) is 5.82 Å². The summed E-state index contributed by atoms with van der Waals surface area (Å²) < 4.78 is 24.3. The van der Waals surface area contributed by atoms with Crippen LogP contribution >= 0.6 is 0 Å². The number of fused-ring (bicyclic) bond motifs is 1. The van der Waals surface area contributed by atoms with E-state index < -0.39 is 5.91 Å². The standard InChI is InChI=1S/C19H19FN2O3/c1-19(2)10-14-4-3-5-16(18(14)25-19)24-12-17(23)22-21-11-13-6-8-15(20)9-7-13/h3-9,11H,10,12H2,1-2H3,(H,22,23). The SMILES string of the molecule is CC1(C)Cc2cccc(OCC(=O)NN=Cc3ccc(F)cc3)c2O1. The van der Waals surface area contributed by atoms with Gasteiger partial charge in [-0.3, -0.25) is 4.79 Å². The molecule has 0 aromatic heterocycles. The van der Waals surface area contributed by atoms with Crippen molar-refractivity contribution in [1.29, 1.82) is 0 Å². The zero-order chi connectivity index (χ0) is 17.9. The number of benzene rings is 2. The summed E-state index contributed by atoms with van der Waals surface area (Å²) in [6, 6.07) is 11.4. The summed E-state index contributed by atoms with van der Waals surface area (Å²) in [6.45, 7) is 3.84. The van der Waals surface area contributed by atoms with Gasteiger partial charge in [0.1, 0.15) is 11.4 Å². The van der Waals surface area contributed by atoms with Crippen molar-refractivity contribution in [3.8, 4) is 11.5 Å². The molecule has 1 aliphatic heterocycles. The number of hydrogen-bond donors (Lipinski definition) is 1. The number of carbonyl (C=O) groups is 1. The molecule has 6 heteroatoms. The van der Waals surface area contributed by atoms with Gasteiger partial charge < -0.3 is 9.47 Å². The van der Waals surface area contributed by atoms with E-state index in [1.54, 1.807) is 18.2 Å². The summed E-state index contributed by atoms with van der Waals surface area (Å²) >= 11 is 0. The first-order valence-corrected chi connectivity index (χ1v) is 7.94. The third-order valence-corrected chi connectivity index (χ3v) is 3.69. The first-order chi connectivity index (χ1) is 11.9. The molecule has 3 rings (SSSR count). The number of nitrogens with zero attached hydrogens (tertiary/aromatic N) is 1. The number of hydrazone groups is 1. The van der Waals surface area contributed by atoms with Gasteiger partial charge in [-0.15, -0.1) is 0 Å². The lowest BCUT2D eigenvalue weighted by atomic mass is 10.0. The highest BCUT2D eigenvalue weighted by molar-refractivity contribution is 5.82. The maximum absolute atomic E-state index is 12.8. The van der Waals surface area contributed by atoms with E-state index in [0.717, 1.165) is 12.0 Å². The van der Waals surface area contributed by atoms with Gasteiger partial charge in [-0.25, -0.2) is 9.82 Å². The fraction of sp³-hybridized carbons (Fsp3) is 0.263. The summed E-state index contributed by atoms with van der Waals surface area (Å²) in [6.07, 6.45) is 2.23. The molecule has 0 saturated heterocycles. The molecule has 0 bridgehead atoms. The fourth-order valence-electron chi connectivity index (χ4n) is 2.60. The van der Waals surface area contributed by atoms with Crippen molar-refractivity contribution < 1.29 is 18.7 Å². The van der Waals surface area contributed by atoms with E-state index in [0.29, 0.717) is 17.1 Å². The number of para-hydroxylation sites is 1. The topological polar surface area (TPSA) is 59.9 Å². The van der Waals surface area contributed by atoms with Crippen molar-refractivity contribution in [2.45, 2.75) is 25.9 Å². The van der Waals surface area contributed by atoms with Crippen LogP contribution in [-0.4, -0.2) is 24.3 Å². The maximum Gasteiger partial charge on any atom is 0.277 e. The van der Waals surface area contributed by atoms with Gasteiger partial charge in [0.05, 0.1) is 6.21 Å². The Bertz CT molecular complexity index is 801. The third kappa shape index (κ3) is 4.35. The Labute approximate surface area is 145 Å². The highest BCUT2D eigenvalue weighted by atomic mass is 19.1. The Morgan fingerprint density at radius 2 is 2.08 bits per heavy atom. The molecule has 1 heterocycles. The number of hydrogen-bond acceptors (Lipinski definition) is 4. The number of carbonyl (C=O) groups excluding carboxylic acids is 1. The van der Waals surface area contributed by atoms with Gasteiger partial charge in [0.15, 0.2) is 18.1 Å². The van der Waals surface area contributed by atoms with Gasteiger partial charge in [-0.2, -0.15) is 5.10 Å². The van der Waals surface area contributed by atoms with Crippen molar-refractivity contribution in [2.24, 2.45) is 5.10 Å². The van der Waals surface area contributed by atoms with Gasteiger partial charge in [0.2, 0.25) is 0 Å². The van der Waals surface area contributed by atoms with Crippen LogP contribution in [0.2, 0.25) is 0 Å². The van der Waals surface area contributed by atoms with E-state index in [4.69, 9.17) is 9.47 Å². The van der Waals surface area contributed by atoms with Crippen LogP contribution in [0.1, 0.15) is 25.0 Å². The second kappa shape index (κ2) is 6.93. The minimum atomic E-state index is -0.395. The Balaban J connectivity index is 1.54. The lowest BCUT2D eigenvalue weighted by Gasteiger charge is -2.18. The van der Waals surface area contributed by atoms with Crippen molar-refractivity contribution in [2.75, 3.05) is 6.61 Å². The normalized spacial score (nSPS) is 14.8. The average Bonchev–Trinajstić information content (AvgIpc) is 2.89. The summed E-state index contributed by atoms with van der Waals surface area (Å²) in [5.41, 5.74) is 3.84. The van der Waals surface area contributed by atoms with E-state index in [2.05, 4.69) is 10.5 Å². The Kier molecular flexibility index (Phi) is 4.70. The zero-order valence-electron chi connectivity index (χ0n) is 14.1. The molecule has 0 unspecified atom stereocenters. The zero-order valence-corrected chi connectivity index (χ0v) is 14.1. The molecular formula is C19H19FN2O3. The number of nitrogens with one attached hydrogen (secondary N) is 1. The average molecular weight is 342 g/mol. The molecule has 0 saturated carbocycles. The molecule has 0 fully saturated rings. The van der Waals surface area contributed by atoms with Gasteiger partial charge in [0.25, 0.3) is 5.91 Å². The van der Waals surface area contributed by atoms with E-state index in [-0.39, 0.29) is 18.0 Å². The molecule has 1 N–H and O–H groups in total. The Morgan fingerprint density at radius 3 is 2.84 bits per heavy atom. The van der Waals surface area contributed by atoms with E-state index in [9.17, 15) is 9.18 Å². The van der Waals surface area contributed by atoms with E-state index in [1.165, 1.54) is 18.3 Å². The monoisotopic (exact) mass is 342 g/mol. The molecule has 5 nitrogen and oxygen atoms in total. The first kappa shape index (κ1) is 17.0. The van der Waals surface area contributed by atoms with Crippen molar-refractivity contribution >= 4 is 12.1 Å². The van der Waals surface area contributed by atoms with Crippen LogP contribution in [0.15, 0.2) is 47.6 Å². The van der Waals surface area contributed by atoms with Gasteiger partial charge in [-0.1, -0.05) is 24.3 Å². The molecular weight excluding hydrogens is 323 g/mol.